The lowest BCUT2D eigenvalue weighted by molar-refractivity contribution is -0.115. The second-order valence-electron chi connectivity index (χ2n) is 6.37. The van der Waals surface area contributed by atoms with Crippen molar-refractivity contribution in [3.05, 3.63) is 83.9 Å². The van der Waals surface area contributed by atoms with Gasteiger partial charge in [0, 0.05) is 29.9 Å². The molecule has 1 N–H and O–H groups in total. The number of aromatic amines is 1. The normalized spacial score (nSPS) is 10.7. The highest BCUT2D eigenvalue weighted by Gasteiger charge is 2.25. The van der Waals surface area contributed by atoms with E-state index in [4.69, 9.17) is 11.6 Å². The fraction of sp³-hybridized carbons (Fsp3) is 0.0455. The average Bonchev–Trinajstić information content (AvgIpc) is 3.15. The molecule has 29 heavy (non-hydrogen) atoms. The summed E-state index contributed by atoms with van der Waals surface area (Å²) in [7, 11) is 0. The summed E-state index contributed by atoms with van der Waals surface area (Å²) in [5, 5.41) is 8.03. The lowest BCUT2D eigenvalue weighted by atomic mass is 10.0. The van der Waals surface area contributed by atoms with E-state index >= 15 is 0 Å². The molecule has 7 heteroatoms. The van der Waals surface area contributed by atoms with E-state index < -0.39 is 0 Å². The second kappa shape index (κ2) is 7.85. The molecule has 0 saturated heterocycles. The van der Waals surface area contributed by atoms with Crippen LogP contribution in [-0.4, -0.2) is 21.1 Å². The van der Waals surface area contributed by atoms with E-state index in [-0.39, 0.29) is 11.7 Å². The summed E-state index contributed by atoms with van der Waals surface area (Å²) >= 11 is 6.00. The first kappa shape index (κ1) is 18.8. The summed E-state index contributed by atoms with van der Waals surface area (Å²) < 4.78 is 13.4. The summed E-state index contributed by atoms with van der Waals surface area (Å²) in [6.45, 7) is 1.47. The van der Waals surface area contributed by atoms with Crippen LogP contribution in [0.5, 0.6) is 0 Å². The average molecular weight is 407 g/mol. The van der Waals surface area contributed by atoms with Gasteiger partial charge in [-0.2, -0.15) is 5.10 Å². The van der Waals surface area contributed by atoms with Crippen LogP contribution in [0.3, 0.4) is 0 Å². The summed E-state index contributed by atoms with van der Waals surface area (Å²) in [5.74, 6) is -0.101. The molecule has 144 valence electrons. The number of carbonyl (C=O) groups is 1. The highest BCUT2D eigenvalue weighted by molar-refractivity contribution is 6.30. The lowest BCUT2D eigenvalue weighted by Gasteiger charge is -2.20. The molecular formula is C22H16ClFN4O. The molecule has 1 amide bonds. The van der Waals surface area contributed by atoms with E-state index in [1.807, 2.05) is 12.1 Å². The summed E-state index contributed by atoms with van der Waals surface area (Å²) in [4.78, 5) is 18.2. The Morgan fingerprint density at radius 2 is 1.62 bits per heavy atom. The summed E-state index contributed by atoms with van der Waals surface area (Å²) in [6.07, 6.45) is 3.34. The highest BCUT2D eigenvalue weighted by Crippen LogP contribution is 2.40. The van der Waals surface area contributed by atoms with Crippen molar-refractivity contribution in [1.29, 1.82) is 0 Å². The van der Waals surface area contributed by atoms with Crippen molar-refractivity contribution >= 4 is 29.0 Å². The zero-order valence-electron chi connectivity index (χ0n) is 15.4. The predicted octanol–water partition coefficient (Wildman–Crippen LogP) is 5.62. The van der Waals surface area contributed by atoms with Gasteiger partial charge < -0.3 is 0 Å². The Kier molecular flexibility index (Phi) is 5.10. The Bertz CT molecular complexity index is 1140. The Morgan fingerprint density at radius 1 is 0.966 bits per heavy atom. The Balaban J connectivity index is 1.94. The van der Waals surface area contributed by atoms with Gasteiger partial charge in [-0.1, -0.05) is 11.6 Å². The van der Waals surface area contributed by atoms with Gasteiger partial charge in [0.2, 0.25) is 5.91 Å². The van der Waals surface area contributed by atoms with Crippen molar-refractivity contribution in [1.82, 2.24) is 15.2 Å². The monoisotopic (exact) mass is 406 g/mol. The van der Waals surface area contributed by atoms with Gasteiger partial charge in [-0.25, -0.2) is 4.39 Å². The molecule has 4 aromatic rings. The summed E-state index contributed by atoms with van der Waals surface area (Å²) in [6, 6.07) is 16.7. The number of carbonyl (C=O) groups excluding carboxylic acids is 1. The smallest absolute Gasteiger partial charge is 0.229 e. The van der Waals surface area contributed by atoms with Gasteiger partial charge in [-0.15, -0.1) is 0 Å². The van der Waals surface area contributed by atoms with Crippen LogP contribution >= 0.6 is 11.6 Å². The van der Waals surface area contributed by atoms with Crippen LogP contribution in [0.15, 0.2) is 73.1 Å². The number of rotatable bonds is 4. The van der Waals surface area contributed by atoms with Gasteiger partial charge in [-0.3, -0.25) is 19.8 Å². The van der Waals surface area contributed by atoms with Crippen LogP contribution in [0.25, 0.3) is 22.4 Å². The number of pyridine rings is 1. The van der Waals surface area contributed by atoms with Gasteiger partial charge in [-0.05, 0) is 66.2 Å². The maximum Gasteiger partial charge on any atom is 0.229 e. The first-order chi connectivity index (χ1) is 14.0. The van der Waals surface area contributed by atoms with Gasteiger partial charge in [0.25, 0.3) is 0 Å². The quantitative estimate of drug-likeness (QED) is 0.478. The van der Waals surface area contributed by atoms with Gasteiger partial charge >= 0.3 is 0 Å². The van der Waals surface area contributed by atoms with Crippen LogP contribution in [-0.2, 0) is 4.79 Å². The number of H-pyrrole nitrogens is 1. The number of nitrogens with zero attached hydrogens (tertiary/aromatic N) is 3. The van der Waals surface area contributed by atoms with Crippen LogP contribution in [0.2, 0.25) is 5.02 Å². The van der Waals surface area contributed by atoms with Crippen molar-refractivity contribution in [2.24, 2.45) is 0 Å². The number of hydrogen-bond acceptors (Lipinski definition) is 3. The highest BCUT2D eigenvalue weighted by atomic mass is 35.5. The standard InChI is InChI=1S/C22H16ClFN4O/c1-14(29)28(19-8-4-17(23)5-9-19)22-20(15-10-12-25-13-11-15)21(26-27-22)16-2-6-18(24)7-3-16/h2-13H,1H3,(H,26,27). The van der Waals surface area contributed by atoms with Crippen LogP contribution in [0, 0.1) is 5.82 Å². The molecule has 0 spiro atoms. The van der Waals surface area contributed by atoms with E-state index in [1.54, 1.807) is 48.8 Å². The topological polar surface area (TPSA) is 61.9 Å². The first-order valence-electron chi connectivity index (χ1n) is 8.85. The number of aromatic nitrogens is 3. The SMILES string of the molecule is CC(=O)N(c1ccc(Cl)cc1)c1n[nH]c(-c2ccc(F)cc2)c1-c1ccncc1. The van der Waals surface area contributed by atoms with Crippen LogP contribution < -0.4 is 4.90 Å². The minimum atomic E-state index is -0.328. The minimum Gasteiger partial charge on any atom is -0.275 e. The Morgan fingerprint density at radius 3 is 2.24 bits per heavy atom. The van der Waals surface area contributed by atoms with Gasteiger partial charge in [0.15, 0.2) is 5.82 Å². The fourth-order valence-electron chi connectivity index (χ4n) is 3.16. The molecule has 0 fully saturated rings. The Labute approximate surface area is 171 Å². The van der Waals surface area contributed by atoms with E-state index in [2.05, 4.69) is 15.2 Å². The van der Waals surface area contributed by atoms with Gasteiger partial charge in [0.1, 0.15) is 5.82 Å². The molecule has 0 saturated carbocycles. The molecule has 0 aliphatic heterocycles. The number of hydrogen-bond donors (Lipinski definition) is 1. The first-order valence-corrected chi connectivity index (χ1v) is 9.23. The van der Waals surface area contributed by atoms with E-state index in [1.165, 1.54) is 24.0 Å². The third-order valence-electron chi connectivity index (χ3n) is 4.46. The van der Waals surface area contributed by atoms with Crippen molar-refractivity contribution in [2.45, 2.75) is 6.92 Å². The molecule has 0 radical (unpaired) electrons. The zero-order chi connectivity index (χ0) is 20.4. The second-order valence-corrected chi connectivity index (χ2v) is 6.81. The van der Waals surface area contributed by atoms with Crippen molar-refractivity contribution in [3.63, 3.8) is 0 Å². The maximum absolute atomic E-state index is 13.4. The number of benzene rings is 2. The molecule has 5 nitrogen and oxygen atoms in total. The molecule has 0 aliphatic rings. The van der Waals surface area contributed by atoms with Gasteiger partial charge in [0.05, 0.1) is 16.9 Å². The molecule has 2 aromatic carbocycles. The number of amides is 1. The zero-order valence-corrected chi connectivity index (χ0v) is 16.2. The Hall–Kier alpha value is -3.51. The predicted molar refractivity (Wildman–Crippen MR) is 111 cm³/mol. The fourth-order valence-corrected chi connectivity index (χ4v) is 3.28. The molecule has 0 bridgehead atoms. The van der Waals surface area contributed by atoms with Crippen LogP contribution in [0.1, 0.15) is 6.92 Å². The van der Waals surface area contributed by atoms with E-state index in [0.717, 1.165) is 11.1 Å². The van der Waals surface area contributed by atoms with E-state index in [0.29, 0.717) is 27.8 Å². The number of anilines is 2. The molecule has 4 rings (SSSR count). The third-order valence-corrected chi connectivity index (χ3v) is 4.71. The maximum atomic E-state index is 13.4. The molecule has 2 aromatic heterocycles. The molecule has 0 aliphatic carbocycles. The van der Waals surface area contributed by atoms with Crippen molar-refractivity contribution < 1.29 is 9.18 Å². The number of nitrogens with one attached hydrogen (secondary N) is 1. The molecule has 0 atom stereocenters. The third kappa shape index (κ3) is 3.75. The molecular weight excluding hydrogens is 391 g/mol. The van der Waals surface area contributed by atoms with Crippen molar-refractivity contribution in [2.75, 3.05) is 4.90 Å². The number of halogens is 2. The van der Waals surface area contributed by atoms with E-state index in [9.17, 15) is 9.18 Å². The lowest BCUT2D eigenvalue weighted by Crippen LogP contribution is -2.23. The summed E-state index contributed by atoms with van der Waals surface area (Å²) in [5.41, 5.74) is 3.59. The van der Waals surface area contributed by atoms with Crippen molar-refractivity contribution in [3.8, 4) is 22.4 Å². The molecule has 0 unspecified atom stereocenters. The largest absolute Gasteiger partial charge is 0.275 e. The van der Waals surface area contributed by atoms with Crippen LogP contribution in [0.4, 0.5) is 15.9 Å². The minimum absolute atomic E-state index is 0.209. The molecule has 2 heterocycles.